The number of benzene rings is 1. The molecule has 0 radical (unpaired) electrons. The summed E-state index contributed by atoms with van der Waals surface area (Å²) in [7, 11) is 1.76. The highest BCUT2D eigenvalue weighted by Gasteiger charge is 2.40. The van der Waals surface area contributed by atoms with Crippen LogP contribution in [0.5, 0.6) is 0 Å². The van der Waals surface area contributed by atoms with Crippen LogP contribution in [0.1, 0.15) is 103 Å². The van der Waals surface area contributed by atoms with Gasteiger partial charge in [-0.15, -0.1) is 0 Å². The van der Waals surface area contributed by atoms with Crippen molar-refractivity contribution in [2.45, 2.75) is 103 Å². The Bertz CT molecular complexity index is 1460. The van der Waals surface area contributed by atoms with Gasteiger partial charge in [0.05, 0.1) is 11.0 Å². The van der Waals surface area contributed by atoms with Gasteiger partial charge >= 0.3 is 11.8 Å². The maximum absolute atomic E-state index is 13.2. The molecule has 3 aliphatic heterocycles. The number of ether oxygens (including phenoxy) is 1. The SMILES string of the molecule is Cn1c(=O)n(C2CCC(=O)NC2=O)c2ccc(C3CCN(CC4CCC5(CC4)CCN(C(=O)OC(C)(C)C)CC5)CC3)cc21. The first kappa shape index (κ1) is 30.9. The Morgan fingerprint density at radius 2 is 1.61 bits per heavy atom. The Morgan fingerprint density at radius 3 is 2.25 bits per heavy atom. The van der Waals surface area contributed by atoms with Gasteiger partial charge in [0, 0.05) is 33.1 Å². The third-order valence-electron chi connectivity index (χ3n) is 10.9. The van der Waals surface area contributed by atoms with E-state index < -0.39 is 17.6 Å². The molecule has 3 saturated heterocycles. The zero-order valence-electron chi connectivity index (χ0n) is 26.9. The predicted octanol–water partition coefficient (Wildman–Crippen LogP) is 4.70. The minimum atomic E-state index is -0.655. The van der Waals surface area contributed by atoms with Gasteiger partial charge < -0.3 is 14.5 Å². The summed E-state index contributed by atoms with van der Waals surface area (Å²) in [5.74, 6) is 0.524. The zero-order valence-corrected chi connectivity index (χ0v) is 26.9. The Kier molecular flexibility index (Phi) is 8.41. The Morgan fingerprint density at radius 1 is 0.932 bits per heavy atom. The smallest absolute Gasteiger partial charge is 0.410 e. The van der Waals surface area contributed by atoms with Crippen molar-refractivity contribution < 1.29 is 19.1 Å². The third-order valence-corrected chi connectivity index (χ3v) is 10.9. The van der Waals surface area contributed by atoms with E-state index in [2.05, 4.69) is 22.3 Å². The summed E-state index contributed by atoms with van der Waals surface area (Å²) in [5, 5.41) is 2.38. The average Bonchev–Trinajstić information content (AvgIpc) is 3.23. The molecule has 1 aromatic heterocycles. The number of nitrogens with one attached hydrogen (secondary N) is 1. The van der Waals surface area contributed by atoms with Gasteiger partial charge in [0.1, 0.15) is 11.6 Å². The summed E-state index contributed by atoms with van der Waals surface area (Å²) in [6.45, 7) is 10.8. The monoisotopic (exact) mass is 607 g/mol. The van der Waals surface area contributed by atoms with Crippen LogP contribution < -0.4 is 11.0 Å². The Balaban J connectivity index is 0.998. The molecule has 4 aliphatic rings. The van der Waals surface area contributed by atoms with Crippen LogP contribution in [0.2, 0.25) is 0 Å². The number of imide groups is 1. The normalized spacial score (nSPS) is 24.2. The summed E-state index contributed by atoms with van der Waals surface area (Å²) in [5.41, 5.74) is 2.58. The van der Waals surface area contributed by atoms with Gasteiger partial charge in [-0.1, -0.05) is 6.07 Å². The maximum Gasteiger partial charge on any atom is 0.410 e. The second kappa shape index (κ2) is 12.0. The molecule has 44 heavy (non-hydrogen) atoms. The molecule has 1 saturated carbocycles. The largest absolute Gasteiger partial charge is 0.444 e. The fourth-order valence-corrected chi connectivity index (χ4v) is 8.14. The number of amides is 3. The standard InChI is InChI=1S/C34H49N5O5/c1-33(2,3)44-32(43)38-19-15-34(16-20-38)13-9-23(10-14-34)22-37-17-11-24(12-18-37)25-5-6-26-28(21-25)36(4)31(42)39(26)27-7-8-29(40)35-30(27)41/h5-6,21,23-24,27H,7-20,22H2,1-4H3,(H,35,40,41). The topological polar surface area (TPSA) is 106 Å². The van der Waals surface area contributed by atoms with Crippen LogP contribution in [0.4, 0.5) is 4.79 Å². The summed E-state index contributed by atoms with van der Waals surface area (Å²) in [6, 6.07) is 5.59. The fourth-order valence-electron chi connectivity index (χ4n) is 8.14. The molecule has 1 atom stereocenters. The highest BCUT2D eigenvalue weighted by molar-refractivity contribution is 6.00. The van der Waals surface area contributed by atoms with Gasteiger partial charge in [0.2, 0.25) is 11.8 Å². The van der Waals surface area contributed by atoms with E-state index in [9.17, 15) is 19.2 Å². The van der Waals surface area contributed by atoms with Crippen molar-refractivity contribution in [3.8, 4) is 0 Å². The number of likely N-dealkylation sites (tertiary alicyclic amines) is 2. The highest BCUT2D eigenvalue weighted by atomic mass is 16.6. The number of hydrogen-bond acceptors (Lipinski definition) is 6. The van der Waals surface area contributed by atoms with Gasteiger partial charge in [0.15, 0.2) is 0 Å². The molecular weight excluding hydrogens is 558 g/mol. The van der Waals surface area contributed by atoms with Crippen LogP contribution in [0.25, 0.3) is 11.0 Å². The molecule has 2 aromatic rings. The van der Waals surface area contributed by atoms with Crippen LogP contribution in [0, 0.1) is 11.3 Å². The van der Waals surface area contributed by atoms with E-state index in [0.717, 1.165) is 68.8 Å². The maximum atomic E-state index is 13.2. The third kappa shape index (κ3) is 6.32. The summed E-state index contributed by atoms with van der Waals surface area (Å²) >= 11 is 0. The van der Waals surface area contributed by atoms with Gasteiger partial charge in [0.25, 0.3) is 0 Å². The first-order valence-corrected chi connectivity index (χ1v) is 16.7. The number of carbonyl (C=O) groups is 3. The second-order valence-corrected chi connectivity index (χ2v) is 14.9. The van der Waals surface area contributed by atoms with Crippen LogP contribution in [0.15, 0.2) is 23.0 Å². The van der Waals surface area contributed by atoms with Gasteiger partial charge in [-0.05, 0) is 127 Å². The molecule has 1 N–H and O–H groups in total. The number of aromatic nitrogens is 2. The number of nitrogens with zero attached hydrogens (tertiary/aromatic N) is 4. The zero-order chi connectivity index (χ0) is 31.2. The number of imidazole rings is 1. The molecule has 10 heteroatoms. The first-order valence-electron chi connectivity index (χ1n) is 16.7. The lowest BCUT2D eigenvalue weighted by Crippen LogP contribution is -2.46. The molecule has 4 fully saturated rings. The number of carbonyl (C=O) groups excluding carboxylic acids is 3. The lowest BCUT2D eigenvalue weighted by Gasteiger charge is -2.46. The quantitative estimate of drug-likeness (QED) is 0.505. The van der Waals surface area contributed by atoms with E-state index in [4.69, 9.17) is 4.74 Å². The number of rotatable bonds is 4. The molecule has 3 amide bonds. The second-order valence-electron chi connectivity index (χ2n) is 14.9. The van der Waals surface area contributed by atoms with E-state index in [-0.39, 0.29) is 24.1 Å². The number of piperidine rings is 3. The average molecular weight is 608 g/mol. The predicted molar refractivity (Wildman–Crippen MR) is 168 cm³/mol. The Hall–Kier alpha value is -3.14. The van der Waals surface area contributed by atoms with E-state index in [1.807, 2.05) is 31.7 Å². The fraction of sp³-hybridized carbons (Fsp3) is 0.706. The summed E-state index contributed by atoms with van der Waals surface area (Å²) in [4.78, 5) is 54.4. The van der Waals surface area contributed by atoms with E-state index in [0.29, 0.717) is 17.8 Å². The van der Waals surface area contributed by atoms with Crippen molar-refractivity contribution in [2.24, 2.45) is 18.4 Å². The number of hydrogen-bond donors (Lipinski definition) is 1. The molecule has 6 rings (SSSR count). The molecule has 1 aliphatic carbocycles. The lowest BCUT2D eigenvalue weighted by atomic mass is 9.65. The van der Waals surface area contributed by atoms with Crippen molar-refractivity contribution in [2.75, 3.05) is 32.7 Å². The van der Waals surface area contributed by atoms with Gasteiger partial charge in [-0.25, -0.2) is 9.59 Å². The number of aryl methyl sites for hydroxylation is 1. The lowest BCUT2D eigenvalue weighted by molar-refractivity contribution is -0.135. The minimum Gasteiger partial charge on any atom is -0.444 e. The molecule has 1 aromatic carbocycles. The first-order chi connectivity index (χ1) is 20.9. The van der Waals surface area contributed by atoms with E-state index >= 15 is 0 Å². The minimum absolute atomic E-state index is 0.168. The van der Waals surface area contributed by atoms with Crippen LogP contribution in [-0.2, 0) is 21.4 Å². The molecule has 1 spiro atoms. The van der Waals surface area contributed by atoms with Crippen molar-refractivity contribution in [3.05, 3.63) is 34.2 Å². The highest BCUT2D eigenvalue weighted by Crippen LogP contribution is 2.47. The molecule has 10 nitrogen and oxygen atoms in total. The van der Waals surface area contributed by atoms with Crippen molar-refractivity contribution >= 4 is 28.9 Å². The van der Waals surface area contributed by atoms with Crippen LogP contribution in [-0.4, -0.2) is 75.2 Å². The van der Waals surface area contributed by atoms with E-state index in [1.165, 1.54) is 37.8 Å². The molecule has 0 bridgehead atoms. The Labute approximate surface area is 260 Å². The molecular formula is C34H49N5O5. The van der Waals surface area contributed by atoms with Crippen LogP contribution in [0.3, 0.4) is 0 Å². The van der Waals surface area contributed by atoms with Crippen molar-refractivity contribution in [1.82, 2.24) is 24.3 Å². The molecule has 240 valence electrons. The summed E-state index contributed by atoms with van der Waals surface area (Å²) in [6.07, 6.45) is 9.91. The summed E-state index contributed by atoms with van der Waals surface area (Å²) < 4.78 is 8.79. The van der Waals surface area contributed by atoms with Gasteiger partial charge in [-0.2, -0.15) is 0 Å². The molecule has 1 unspecified atom stereocenters. The van der Waals surface area contributed by atoms with Gasteiger partial charge in [-0.3, -0.25) is 24.0 Å². The number of fused-ring (bicyclic) bond motifs is 1. The molecule has 4 heterocycles. The van der Waals surface area contributed by atoms with E-state index in [1.54, 1.807) is 16.2 Å². The van der Waals surface area contributed by atoms with Crippen LogP contribution >= 0.6 is 0 Å². The van der Waals surface area contributed by atoms with Crippen molar-refractivity contribution in [1.29, 1.82) is 0 Å². The van der Waals surface area contributed by atoms with Crippen molar-refractivity contribution in [3.63, 3.8) is 0 Å².